The Morgan fingerprint density at radius 1 is 1.06 bits per heavy atom. The van der Waals surface area contributed by atoms with E-state index in [1.54, 1.807) is 31.5 Å². The second-order valence-electron chi connectivity index (χ2n) is 9.63. The van der Waals surface area contributed by atoms with E-state index in [1.165, 1.54) is 11.0 Å². The van der Waals surface area contributed by atoms with Gasteiger partial charge in [-0.2, -0.15) is 0 Å². The summed E-state index contributed by atoms with van der Waals surface area (Å²) in [4.78, 5) is 32.2. The van der Waals surface area contributed by atoms with E-state index in [4.69, 9.17) is 13.9 Å². The van der Waals surface area contributed by atoms with E-state index in [9.17, 15) is 9.59 Å². The fraction of sp³-hybridized carbons (Fsp3) is 0.276. The standard InChI is InChI=1S/C29H30N2O5/c1-18-16-30-23(19(2)27(18)34-6)17-35-28(33)31(29(3,4)5)21-12-13-25-22(14-21)24(32)15-26(36-25)20-10-8-7-9-11-20/h7-16H,17H2,1-6H3. The van der Waals surface area contributed by atoms with Crippen LogP contribution in [0.2, 0.25) is 0 Å². The Bertz CT molecular complexity index is 1470. The van der Waals surface area contributed by atoms with Crippen LogP contribution in [-0.2, 0) is 11.3 Å². The van der Waals surface area contributed by atoms with Crippen LogP contribution >= 0.6 is 0 Å². The molecule has 36 heavy (non-hydrogen) atoms. The zero-order valence-electron chi connectivity index (χ0n) is 21.4. The van der Waals surface area contributed by atoms with Gasteiger partial charge in [-0.3, -0.25) is 14.7 Å². The van der Waals surface area contributed by atoms with Gasteiger partial charge in [0.05, 0.1) is 18.2 Å². The van der Waals surface area contributed by atoms with Gasteiger partial charge in [0.25, 0.3) is 0 Å². The largest absolute Gasteiger partial charge is 0.496 e. The molecular formula is C29H30N2O5. The average molecular weight is 487 g/mol. The van der Waals surface area contributed by atoms with Gasteiger partial charge in [-0.25, -0.2) is 4.79 Å². The number of fused-ring (bicyclic) bond motifs is 1. The molecule has 0 atom stereocenters. The fourth-order valence-electron chi connectivity index (χ4n) is 4.21. The molecule has 0 saturated carbocycles. The topological polar surface area (TPSA) is 81.9 Å². The first-order chi connectivity index (χ1) is 17.1. The minimum absolute atomic E-state index is 0.00988. The Balaban J connectivity index is 1.65. The number of ether oxygens (including phenoxy) is 2. The van der Waals surface area contributed by atoms with Crippen molar-refractivity contribution in [1.29, 1.82) is 0 Å². The van der Waals surface area contributed by atoms with Crippen molar-refractivity contribution in [3.63, 3.8) is 0 Å². The zero-order chi connectivity index (χ0) is 26.0. The number of rotatable bonds is 5. The Hall–Kier alpha value is -4.13. The number of hydrogen-bond donors (Lipinski definition) is 0. The maximum absolute atomic E-state index is 13.3. The third kappa shape index (κ3) is 4.96. The second kappa shape index (κ2) is 9.85. The third-order valence-electron chi connectivity index (χ3n) is 5.96. The highest BCUT2D eigenvalue weighted by molar-refractivity contribution is 5.92. The number of methoxy groups -OCH3 is 1. The van der Waals surface area contributed by atoms with E-state index in [2.05, 4.69) is 4.98 Å². The molecule has 7 heteroatoms. The van der Waals surface area contributed by atoms with Gasteiger partial charge in [0.15, 0.2) is 5.43 Å². The van der Waals surface area contributed by atoms with Gasteiger partial charge < -0.3 is 13.9 Å². The monoisotopic (exact) mass is 486 g/mol. The number of anilines is 1. The van der Waals surface area contributed by atoms with E-state index in [1.807, 2.05) is 65.0 Å². The number of benzene rings is 2. The minimum atomic E-state index is -0.623. The summed E-state index contributed by atoms with van der Waals surface area (Å²) < 4.78 is 17.1. The van der Waals surface area contributed by atoms with E-state index in [-0.39, 0.29) is 12.0 Å². The van der Waals surface area contributed by atoms with Crippen LogP contribution in [0.3, 0.4) is 0 Å². The lowest BCUT2D eigenvalue weighted by molar-refractivity contribution is 0.140. The van der Waals surface area contributed by atoms with Crippen LogP contribution in [0.5, 0.6) is 5.75 Å². The van der Waals surface area contributed by atoms with Crippen molar-refractivity contribution in [3.8, 4) is 17.1 Å². The maximum atomic E-state index is 13.3. The van der Waals surface area contributed by atoms with Crippen molar-refractivity contribution in [1.82, 2.24) is 4.98 Å². The normalized spacial score (nSPS) is 11.4. The molecule has 4 rings (SSSR count). The molecule has 1 amide bonds. The van der Waals surface area contributed by atoms with Crippen LogP contribution in [0.15, 0.2) is 70.0 Å². The van der Waals surface area contributed by atoms with Crippen LogP contribution < -0.4 is 15.1 Å². The lowest BCUT2D eigenvalue weighted by atomic mass is 10.0. The number of aryl methyl sites for hydroxylation is 1. The lowest BCUT2D eigenvalue weighted by Crippen LogP contribution is -2.46. The van der Waals surface area contributed by atoms with Crippen molar-refractivity contribution in [2.75, 3.05) is 12.0 Å². The first-order valence-corrected chi connectivity index (χ1v) is 11.7. The number of carbonyl (C=O) groups is 1. The molecule has 186 valence electrons. The summed E-state index contributed by atoms with van der Waals surface area (Å²) >= 11 is 0. The van der Waals surface area contributed by atoms with Crippen molar-refractivity contribution >= 4 is 22.7 Å². The van der Waals surface area contributed by atoms with E-state index >= 15 is 0 Å². The number of carbonyl (C=O) groups excluding carboxylic acids is 1. The SMILES string of the molecule is COc1c(C)cnc(COC(=O)N(c2ccc3oc(-c4ccccc4)cc(=O)c3c2)C(C)(C)C)c1C. The molecule has 7 nitrogen and oxygen atoms in total. The molecule has 0 aliphatic heterocycles. The molecule has 0 aliphatic rings. The van der Waals surface area contributed by atoms with Gasteiger partial charge in [0.2, 0.25) is 0 Å². The first kappa shape index (κ1) is 25.0. The number of amides is 1. The van der Waals surface area contributed by atoms with Crippen LogP contribution in [0.25, 0.3) is 22.3 Å². The van der Waals surface area contributed by atoms with Crippen molar-refractivity contribution in [2.45, 2.75) is 46.8 Å². The molecular weight excluding hydrogens is 456 g/mol. The van der Waals surface area contributed by atoms with Crippen molar-refractivity contribution in [2.24, 2.45) is 0 Å². The second-order valence-corrected chi connectivity index (χ2v) is 9.63. The number of hydrogen-bond acceptors (Lipinski definition) is 6. The van der Waals surface area contributed by atoms with E-state index < -0.39 is 11.6 Å². The smallest absolute Gasteiger partial charge is 0.415 e. The number of pyridine rings is 1. The summed E-state index contributed by atoms with van der Waals surface area (Å²) in [5.41, 5.74) is 3.33. The summed E-state index contributed by atoms with van der Waals surface area (Å²) in [6, 6.07) is 16.1. The van der Waals surface area contributed by atoms with Crippen LogP contribution in [-0.4, -0.2) is 23.7 Å². The summed E-state index contributed by atoms with van der Waals surface area (Å²) in [7, 11) is 1.60. The quantitative estimate of drug-likeness (QED) is 0.324. The van der Waals surface area contributed by atoms with Gasteiger partial charge in [-0.05, 0) is 52.8 Å². The predicted molar refractivity (Wildman–Crippen MR) is 141 cm³/mol. The van der Waals surface area contributed by atoms with Gasteiger partial charge in [-0.1, -0.05) is 30.3 Å². The highest BCUT2D eigenvalue weighted by atomic mass is 16.6. The van der Waals surface area contributed by atoms with Gasteiger partial charge in [-0.15, -0.1) is 0 Å². The number of nitrogens with zero attached hydrogens (tertiary/aromatic N) is 2. The molecule has 2 heterocycles. The predicted octanol–water partition coefficient (Wildman–Crippen LogP) is 6.42. The average Bonchev–Trinajstić information content (AvgIpc) is 2.84. The lowest BCUT2D eigenvalue weighted by Gasteiger charge is -2.34. The molecule has 0 spiro atoms. The van der Waals surface area contributed by atoms with E-state index in [0.717, 1.165) is 22.4 Å². The van der Waals surface area contributed by atoms with Crippen LogP contribution in [0.4, 0.5) is 10.5 Å². The molecule has 0 aliphatic carbocycles. The summed E-state index contributed by atoms with van der Waals surface area (Å²) in [6.45, 7) is 9.49. The Labute approximate surface area is 210 Å². The van der Waals surface area contributed by atoms with Crippen LogP contribution in [0, 0.1) is 13.8 Å². The fourth-order valence-corrected chi connectivity index (χ4v) is 4.21. The molecule has 2 aromatic heterocycles. The van der Waals surface area contributed by atoms with Gasteiger partial charge in [0.1, 0.15) is 23.7 Å². The molecule has 0 radical (unpaired) electrons. The van der Waals surface area contributed by atoms with Gasteiger partial charge >= 0.3 is 6.09 Å². The third-order valence-corrected chi connectivity index (χ3v) is 5.96. The van der Waals surface area contributed by atoms with Crippen molar-refractivity contribution < 1.29 is 18.7 Å². The summed E-state index contributed by atoms with van der Waals surface area (Å²) in [6.07, 6.45) is 1.15. The highest BCUT2D eigenvalue weighted by Gasteiger charge is 2.30. The minimum Gasteiger partial charge on any atom is -0.496 e. The molecule has 2 aromatic carbocycles. The Kier molecular flexibility index (Phi) is 6.84. The maximum Gasteiger partial charge on any atom is 0.415 e. The number of aromatic nitrogens is 1. The van der Waals surface area contributed by atoms with Gasteiger partial charge in [0, 0.05) is 40.2 Å². The summed E-state index contributed by atoms with van der Waals surface area (Å²) in [5, 5.41) is 0.384. The Morgan fingerprint density at radius 2 is 1.78 bits per heavy atom. The molecule has 0 unspecified atom stereocenters. The van der Waals surface area contributed by atoms with Crippen molar-refractivity contribution in [3.05, 3.63) is 87.8 Å². The summed E-state index contributed by atoms with van der Waals surface area (Å²) in [5.74, 6) is 1.21. The first-order valence-electron chi connectivity index (χ1n) is 11.7. The Morgan fingerprint density at radius 3 is 2.44 bits per heavy atom. The zero-order valence-corrected chi connectivity index (χ0v) is 21.4. The van der Waals surface area contributed by atoms with E-state index in [0.29, 0.717) is 28.1 Å². The molecule has 0 N–H and O–H groups in total. The molecule has 0 bridgehead atoms. The molecule has 0 saturated heterocycles. The molecule has 0 fully saturated rings. The molecule has 4 aromatic rings. The highest BCUT2D eigenvalue weighted by Crippen LogP contribution is 2.30. The van der Waals surface area contributed by atoms with Crippen LogP contribution in [0.1, 0.15) is 37.6 Å².